The van der Waals surface area contributed by atoms with Gasteiger partial charge in [-0.2, -0.15) is 22.8 Å². The molecule has 0 N–H and O–H groups in total. The van der Waals surface area contributed by atoms with Gasteiger partial charge in [0.1, 0.15) is 0 Å². The molecule has 0 aliphatic carbocycles. The number of aliphatic carboxylic acids is 3. The van der Waals surface area contributed by atoms with Crippen molar-refractivity contribution in [2.24, 2.45) is 0 Å². The molecule has 7 heteroatoms. The number of hydrogen-bond acceptors (Lipinski definition) is 6. The van der Waals surface area contributed by atoms with Crippen LogP contribution >= 0.6 is 0 Å². The van der Waals surface area contributed by atoms with Crippen molar-refractivity contribution in [2.45, 2.75) is 80.1 Å². The Morgan fingerprint density at radius 2 is 1.11 bits per heavy atom. The van der Waals surface area contributed by atoms with Crippen LogP contribution in [-0.2, 0) is 36.1 Å². The van der Waals surface area contributed by atoms with Crippen LogP contribution in [0.15, 0.2) is 12.1 Å². The zero-order valence-electron chi connectivity index (χ0n) is 17.3. The number of carbonyl (C=O) groups excluding carboxylic acids is 3. The predicted molar refractivity (Wildman–Crippen MR) is 96.0 cm³/mol. The van der Waals surface area contributed by atoms with E-state index in [1.165, 1.54) is 16.7 Å². The maximum absolute atomic E-state index is 9.49. The molecule has 0 fully saturated rings. The van der Waals surface area contributed by atoms with Gasteiger partial charge in [0.25, 0.3) is 0 Å². The summed E-state index contributed by atoms with van der Waals surface area (Å²) in [5.74, 6) is -2.88. The smallest absolute Gasteiger partial charge is 0.550 e. The molecule has 27 heavy (non-hydrogen) atoms. The fourth-order valence-electron chi connectivity index (χ4n) is 1.42. The van der Waals surface area contributed by atoms with E-state index in [4.69, 9.17) is 0 Å². The van der Waals surface area contributed by atoms with Crippen molar-refractivity contribution in [1.82, 2.24) is 0 Å². The third-order valence-corrected chi connectivity index (χ3v) is 3.13. The van der Waals surface area contributed by atoms with Crippen molar-refractivity contribution >= 4 is 17.9 Å². The van der Waals surface area contributed by atoms with E-state index < -0.39 is 17.9 Å². The van der Waals surface area contributed by atoms with E-state index in [9.17, 15) is 29.7 Å². The molecule has 0 spiro atoms. The van der Waals surface area contributed by atoms with Gasteiger partial charge in [0.05, 0.1) is 0 Å². The van der Waals surface area contributed by atoms with E-state index in [1.54, 1.807) is 20.8 Å². The van der Waals surface area contributed by atoms with Crippen LogP contribution in [0, 0.1) is 20.8 Å². The van der Waals surface area contributed by atoms with Crippen LogP contribution in [0.5, 0.6) is 0 Å². The Kier molecular flexibility index (Phi) is 27.6. The zero-order valence-corrected chi connectivity index (χ0v) is 18.9. The summed E-state index contributed by atoms with van der Waals surface area (Å²) in [4.78, 5) is 28.5. The maximum atomic E-state index is 9.49. The number of carboxylic acids is 3. The van der Waals surface area contributed by atoms with Gasteiger partial charge in [-0.3, -0.25) is 0 Å². The van der Waals surface area contributed by atoms with Gasteiger partial charge < -0.3 is 29.7 Å². The molecule has 0 saturated carbocycles. The van der Waals surface area contributed by atoms with Crippen molar-refractivity contribution in [3.63, 3.8) is 0 Å². The van der Waals surface area contributed by atoms with Gasteiger partial charge in [-0.1, -0.05) is 60.8 Å². The number of carbonyl (C=O) groups is 3. The van der Waals surface area contributed by atoms with Gasteiger partial charge in [-0.15, -0.1) is 0 Å². The third kappa shape index (κ3) is 29.5. The van der Waals surface area contributed by atoms with E-state index in [0.717, 1.165) is 0 Å². The molecule has 0 aliphatic heterocycles. The topological polar surface area (TPSA) is 120 Å². The van der Waals surface area contributed by atoms with Gasteiger partial charge in [-0.05, 0) is 19.3 Å². The fourth-order valence-corrected chi connectivity index (χ4v) is 1.42. The summed E-state index contributed by atoms with van der Waals surface area (Å²) in [6, 6.07) is 4.31. The Morgan fingerprint density at radius 3 is 1.15 bits per heavy atom. The molecule has 6 nitrogen and oxygen atoms in total. The summed E-state index contributed by atoms with van der Waals surface area (Å²) >= 11 is 0. The van der Waals surface area contributed by atoms with Gasteiger partial charge in [0.15, 0.2) is 0 Å². The molecule has 1 rings (SSSR count). The number of carboxylic acid groups (broad SMARTS) is 3. The SMILES string of the molecule is CCCC(=O)[O-].CCCC(=O)[O-].CCCC(=O)[O-].Cc1cc[c-](C)c1C.[Ti+4]. The molecule has 0 bridgehead atoms. The second-order valence-electron chi connectivity index (χ2n) is 5.69. The summed E-state index contributed by atoms with van der Waals surface area (Å²) < 4.78 is 0. The summed E-state index contributed by atoms with van der Waals surface area (Å²) in [7, 11) is 0. The molecule has 1 aromatic carbocycles. The number of rotatable bonds is 6. The van der Waals surface area contributed by atoms with Crippen LogP contribution < -0.4 is 15.3 Å². The molecule has 0 amide bonds. The predicted octanol–water partition coefficient (Wildman–Crippen LogP) is 0.937. The molecule has 0 atom stereocenters. The largest absolute Gasteiger partial charge is 4.00 e. The molecule has 0 radical (unpaired) electrons. The summed E-state index contributed by atoms with van der Waals surface area (Å²) in [5.41, 5.74) is 4.25. The Labute approximate surface area is 178 Å². The number of aryl methyl sites for hydroxylation is 2. The monoisotopic (exact) mass is 416 g/mol. The average Bonchev–Trinajstić information content (AvgIpc) is 2.80. The van der Waals surface area contributed by atoms with E-state index in [0.29, 0.717) is 19.3 Å². The van der Waals surface area contributed by atoms with Crippen LogP contribution in [0.25, 0.3) is 0 Å². The zero-order chi connectivity index (χ0) is 21.1. The van der Waals surface area contributed by atoms with Crippen LogP contribution in [0.4, 0.5) is 0 Å². The minimum Gasteiger partial charge on any atom is -0.550 e. The Hall–Kier alpha value is -1.53. The maximum Gasteiger partial charge on any atom is 4.00 e. The first-order valence-corrected chi connectivity index (χ1v) is 8.82. The van der Waals surface area contributed by atoms with Crippen molar-refractivity contribution in [2.75, 3.05) is 0 Å². The van der Waals surface area contributed by atoms with Gasteiger partial charge >= 0.3 is 21.7 Å². The fraction of sp³-hybridized carbons (Fsp3) is 0.600. The number of hydrogen-bond donors (Lipinski definition) is 0. The standard InChI is InChI=1S/C8H11.3C4H8O2.Ti/c1-6-4-5-7(2)8(6)3;3*1-2-3-4(5)6;/h4-5H,1-3H3;3*2-3H2,1H3,(H,5,6);/q-1;;;;+4/p-3. The van der Waals surface area contributed by atoms with Crippen LogP contribution in [0.2, 0.25) is 0 Å². The second kappa shape index (κ2) is 22.5. The molecular weight excluding hydrogens is 384 g/mol. The van der Waals surface area contributed by atoms with Crippen LogP contribution in [-0.4, -0.2) is 17.9 Å². The van der Waals surface area contributed by atoms with Crippen molar-refractivity contribution in [3.05, 3.63) is 28.8 Å². The van der Waals surface area contributed by atoms with Gasteiger partial charge in [-0.25, -0.2) is 6.07 Å². The van der Waals surface area contributed by atoms with Crippen molar-refractivity contribution in [1.29, 1.82) is 0 Å². The van der Waals surface area contributed by atoms with Gasteiger partial charge in [0, 0.05) is 17.9 Å². The first-order valence-electron chi connectivity index (χ1n) is 8.82. The van der Waals surface area contributed by atoms with Crippen LogP contribution in [0.1, 0.15) is 76.0 Å². The minimum absolute atomic E-state index is 0. The quantitative estimate of drug-likeness (QED) is 0.503. The van der Waals surface area contributed by atoms with E-state index in [-0.39, 0.29) is 41.0 Å². The second-order valence-corrected chi connectivity index (χ2v) is 5.69. The van der Waals surface area contributed by atoms with E-state index >= 15 is 0 Å². The molecule has 0 heterocycles. The molecule has 1 aromatic rings. The molecule has 0 aromatic heterocycles. The molecular formula is C20H32O6Ti. The Bertz CT molecular complexity index is 451. The van der Waals surface area contributed by atoms with E-state index in [1.807, 2.05) is 0 Å². The summed E-state index contributed by atoms with van der Waals surface area (Å²) in [5, 5.41) is 28.5. The molecule has 0 saturated heterocycles. The summed E-state index contributed by atoms with van der Waals surface area (Å²) in [6.07, 6.45) is 2.55. The molecule has 0 unspecified atom stereocenters. The Morgan fingerprint density at radius 1 is 0.815 bits per heavy atom. The first kappa shape index (κ1) is 33.1. The molecule has 0 aliphatic rings. The normalized spacial score (nSPS) is 8.37. The third-order valence-electron chi connectivity index (χ3n) is 3.13. The van der Waals surface area contributed by atoms with Crippen molar-refractivity contribution in [3.8, 4) is 0 Å². The van der Waals surface area contributed by atoms with Crippen molar-refractivity contribution < 1.29 is 51.4 Å². The summed E-state index contributed by atoms with van der Waals surface area (Å²) in [6.45, 7) is 11.8. The van der Waals surface area contributed by atoms with E-state index in [2.05, 4.69) is 32.9 Å². The average molecular weight is 416 g/mol. The van der Waals surface area contributed by atoms with Gasteiger partial charge in [0.2, 0.25) is 0 Å². The Balaban J connectivity index is -0.000000131. The minimum atomic E-state index is -0.961. The van der Waals surface area contributed by atoms with Crippen LogP contribution in [0.3, 0.4) is 0 Å². The first-order chi connectivity index (χ1) is 12.0. The molecule has 152 valence electrons.